The number of methoxy groups -OCH3 is 3. The molecule has 2 fully saturated rings. The molecule has 2 unspecified atom stereocenters. The lowest BCUT2D eigenvalue weighted by Gasteiger charge is -2.33. The SMILES string of the molecule is COc1ccc(C[NH+]2CCN(C(=O)CCN3C(=O)C4CC=CCC4C3=O)CC2)c(OC)c1OC. The Morgan fingerprint density at radius 3 is 2.12 bits per heavy atom. The molecule has 34 heavy (non-hydrogen) atoms. The smallest absolute Gasteiger partial charge is 0.233 e. The molecule has 3 aliphatic rings. The molecule has 1 aromatic rings. The van der Waals surface area contributed by atoms with Crippen LogP contribution in [0.25, 0.3) is 0 Å². The first-order valence-corrected chi connectivity index (χ1v) is 11.9. The molecule has 9 nitrogen and oxygen atoms in total. The number of nitrogens with one attached hydrogen (secondary N) is 1. The Bertz CT molecular complexity index is 944. The summed E-state index contributed by atoms with van der Waals surface area (Å²) >= 11 is 0. The summed E-state index contributed by atoms with van der Waals surface area (Å²) < 4.78 is 16.4. The fraction of sp³-hybridized carbons (Fsp3) is 0.560. The van der Waals surface area contributed by atoms with Crippen LogP contribution in [0, 0.1) is 11.8 Å². The summed E-state index contributed by atoms with van der Waals surface area (Å²) in [7, 11) is 4.81. The van der Waals surface area contributed by atoms with Gasteiger partial charge in [0, 0.05) is 13.0 Å². The Labute approximate surface area is 200 Å². The van der Waals surface area contributed by atoms with Gasteiger partial charge in [-0.05, 0) is 25.0 Å². The first-order valence-electron chi connectivity index (χ1n) is 11.9. The van der Waals surface area contributed by atoms with Crippen LogP contribution in [0.1, 0.15) is 24.8 Å². The average molecular weight is 473 g/mol. The molecule has 1 N–H and O–H groups in total. The summed E-state index contributed by atoms with van der Waals surface area (Å²) in [5, 5.41) is 0. The number of likely N-dealkylation sites (tertiary alicyclic amines) is 1. The van der Waals surface area contributed by atoms with E-state index in [1.807, 2.05) is 29.2 Å². The van der Waals surface area contributed by atoms with E-state index in [0.29, 0.717) is 43.2 Å². The van der Waals surface area contributed by atoms with Crippen molar-refractivity contribution in [1.82, 2.24) is 9.80 Å². The number of rotatable bonds is 8. The molecule has 4 rings (SSSR count). The third-order valence-corrected chi connectivity index (χ3v) is 7.20. The topological polar surface area (TPSA) is 89.8 Å². The molecule has 0 aromatic heterocycles. The molecule has 2 atom stereocenters. The Morgan fingerprint density at radius 2 is 1.56 bits per heavy atom. The molecule has 9 heteroatoms. The van der Waals surface area contributed by atoms with E-state index in [1.165, 1.54) is 9.80 Å². The van der Waals surface area contributed by atoms with Crippen LogP contribution in [0.4, 0.5) is 0 Å². The summed E-state index contributed by atoms with van der Waals surface area (Å²) in [5.41, 5.74) is 1.02. The molecular formula is C25H34N3O6+. The lowest BCUT2D eigenvalue weighted by molar-refractivity contribution is -0.917. The minimum atomic E-state index is -0.242. The minimum Gasteiger partial charge on any atom is -0.493 e. The van der Waals surface area contributed by atoms with Crippen LogP contribution in [0.15, 0.2) is 24.3 Å². The first kappa shape index (κ1) is 24.1. The van der Waals surface area contributed by atoms with Gasteiger partial charge in [0.25, 0.3) is 0 Å². The monoisotopic (exact) mass is 472 g/mol. The first-order chi connectivity index (χ1) is 16.5. The zero-order valence-corrected chi connectivity index (χ0v) is 20.2. The van der Waals surface area contributed by atoms with Gasteiger partial charge in [0.05, 0.1) is 64.9 Å². The van der Waals surface area contributed by atoms with Crippen LogP contribution in [-0.4, -0.2) is 81.6 Å². The van der Waals surface area contributed by atoms with E-state index in [4.69, 9.17) is 14.2 Å². The van der Waals surface area contributed by atoms with Gasteiger partial charge < -0.3 is 24.0 Å². The second-order valence-electron chi connectivity index (χ2n) is 9.03. The zero-order chi connectivity index (χ0) is 24.2. The van der Waals surface area contributed by atoms with Crippen molar-refractivity contribution in [2.45, 2.75) is 25.8 Å². The number of ether oxygens (including phenoxy) is 3. The quantitative estimate of drug-likeness (QED) is 0.432. The van der Waals surface area contributed by atoms with E-state index in [1.54, 1.807) is 21.3 Å². The highest BCUT2D eigenvalue weighted by molar-refractivity contribution is 6.05. The fourth-order valence-electron chi connectivity index (χ4n) is 5.28. The number of carbonyl (C=O) groups excluding carboxylic acids is 3. The van der Waals surface area contributed by atoms with Gasteiger partial charge in [0.1, 0.15) is 6.54 Å². The Balaban J connectivity index is 1.28. The standard InChI is InChI=1S/C25H33N3O6/c1-32-20-9-8-17(22(33-2)23(20)34-3)16-26-12-14-27(15-13-26)21(29)10-11-28-24(30)18-6-4-5-7-19(18)25(28)31/h4-5,8-9,18-19H,6-7,10-16H2,1-3H3/p+1. The van der Waals surface area contributed by atoms with E-state index >= 15 is 0 Å². The van der Waals surface area contributed by atoms with Gasteiger partial charge in [-0.2, -0.15) is 0 Å². The number of amides is 3. The zero-order valence-electron chi connectivity index (χ0n) is 20.2. The molecule has 0 radical (unpaired) electrons. The number of allylic oxidation sites excluding steroid dienone is 2. The Morgan fingerprint density at radius 1 is 0.941 bits per heavy atom. The van der Waals surface area contributed by atoms with Crippen LogP contribution in [0.3, 0.4) is 0 Å². The number of carbonyl (C=O) groups is 3. The number of imide groups is 1. The van der Waals surface area contributed by atoms with E-state index < -0.39 is 0 Å². The van der Waals surface area contributed by atoms with Crippen LogP contribution >= 0.6 is 0 Å². The minimum absolute atomic E-state index is 0.00338. The number of hydrogen-bond donors (Lipinski definition) is 1. The number of quaternary nitrogens is 1. The predicted octanol–water partition coefficient (Wildman–Crippen LogP) is 0.281. The van der Waals surface area contributed by atoms with Gasteiger partial charge in [0.15, 0.2) is 11.5 Å². The van der Waals surface area contributed by atoms with Crippen LogP contribution in [0.2, 0.25) is 0 Å². The number of fused-ring (bicyclic) bond motifs is 1. The highest BCUT2D eigenvalue weighted by Gasteiger charge is 2.47. The second-order valence-corrected chi connectivity index (χ2v) is 9.03. The maximum absolute atomic E-state index is 12.8. The molecule has 0 bridgehead atoms. The Hall–Kier alpha value is -3.07. The molecular weight excluding hydrogens is 438 g/mol. The van der Waals surface area contributed by atoms with Crippen molar-refractivity contribution in [1.29, 1.82) is 0 Å². The summed E-state index contributed by atoms with van der Waals surface area (Å²) in [4.78, 5) is 42.5. The predicted molar refractivity (Wildman–Crippen MR) is 124 cm³/mol. The summed E-state index contributed by atoms with van der Waals surface area (Å²) in [6.07, 6.45) is 5.37. The highest BCUT2D eigenvalue weighted by Crippen LogP contribution is 2.39. The van der Waals surface area contributed by atoms with Gasteiger partial charge in [-0.25, -0.2) is 0 Å². The van der Waals surface area contributed by atoms with Crippen LogP contribution in [0.5, 0.6) is 17.2 Å². The number of nitrogens with zero attached hydrogens (tertiary/aromatic N) is 2. The lowest BCUT2D eigenvalue weighted by atomic mass is 9.85. The van der Waals surface area contributed by atoms with E-state index in [2.05, 4.69) is 0 Å². The normalized spacial score (nSPS) is 22.7. The Kier molecular flexibility index (Phi) is 7.41. The molecule has 2 heterocycles. The average Bonchev–Trinajstić information content (AvgIpc) is 3.12. The number of hydrogen-bond acceptors (Lipinski definition) is 6. The van der Waals surface area contributed by atoms with Crippen LogP contribution < -0.4 is 19.1 Å². The molecule has 184 valence electrons. The molecule has 2 saturated heterocycles. The number of benzene rings is 1. The third-order valence-electron chi connectivity index (χ3n) is 7.20. The van der Waals surface area contributed by atoms with Crippen molar-refractivity contribution < 1.29 is 33.5 Å². The van der Waals surface area contributed by atoms with Gasteiger partial charge >= 0.3 is 0 Å². The van der Waals surface area contributed by atoms with Crippen molar-refractivity contribution in [2.75, 3.05) is 54.1 Å². The van der Waals surface area contributed by atoms with Gasteiger partial charge in [-0.15, -0.1) is 0 Å². The van der Waals surface area contributed by atoms with E-state index in [-0.39, 0.29) is 42.5 Å². The lowest BCUT2D eigenvalue weighted by Crippen LogP contribution is -3.13. The van der Waals surface area contributed by atoms with Crippen molar-refractivity contribution in [2.24, 2.45) is 11.8 Å². The van der Waals surface area contributed by atoms with Crippen molar-refractivity contribution in [3.8, 4) is 17.2 Å². The van der Waals surface area contributed by atoms with Crippen molar-refractivity contribution in [3.63, 3.8) is 0 Å². The molecule has 0 spiro atoms. The number of piperazine rings is 1. The van der Waals surface area contributed by atoms with Crippen molar-refractivity contribution in [3.05, 3.63) is 29.8 Å². The molecule has 3 amide bonds. The highest BCUT2D eigenvalue weighted by atomic mass is 16.5. The summed E-state index contributed by atoms with van der Waals surface area (Å²) in [5.74, 6) is 1.15. The molecule has 1 aliphatic carbocycles. The maximum atomic E-state index is 12.8. The van der Waals surface area contributed by atoms with Gasteiger partial charge in [-0.1, -0.05) is 12.2 Å². The molecule has 2 aliphatic heterocycles. The summed E-state index contributed by atoms with van der Waals surface area (Å²) in [6, 6.07) is 3.87. The van der Waals surface area contributed by atoms with Crippen molar-refractivity contribution >= 4 is 17.7 Å². The molecule has 0 saturated carbocycles. The largest absolute Gasteiger partial charge is 0.493 e. The van der Waals surface area contributed by atoms with Gasteiger partial charge in [0.2, 0.25) is 23.5 Å². The van der Waals surface area contributed by atoms with E-state index in [0.717, 1.165) is 25.2 Å². The van der Waals surface area contributed by atoms with Gasteiger partial charge in [-0.3, -0.25) is 19.3 Å². The summed E-state index contributed by atoms with van der Waals surface area (Å²) in [6.45, 7) is 3.82. The maximum Gasteiger partial charge on any atom is 0.233 e. The third kappa shape index (κ3) is 4.61. The molecule has 1 aromatic carbocycles. The van der Waals surface area contributed by atoms with E-state index in [9.17, 15) is 14.4 Å². The fourth-order valence-corrected chi connectivity index (χ4v) is 5.28. The second kappa shape index (κ2) is 10.5. The van der Waals surface area contributed by atoms with Crippen LogP contribution in [-0.2, 0) is 20.9 Å².